The van der Waals surface area contributed by atoms with Crippen LogP contribution in [0.3, 0.4) is 0 Å². The van der Waals surface area contributed by atoms with Gasteiger partial charge in [0.25, 0.3) is 0 Å². The Hall–Kier alpha value is -1.40. The molecule has 0 radical (unpaired) electrons. The summed E-state index contributed by atoms with van der Waals surface area (Å²) in [7, 11) is -1.80. The topological polar surface area (TPSA) is 63.7 Å². The zero-order chi connectivity index (χ0) is 14.0. The van der Waals surface area contributed by atoms with E-state index in [1.807, 2.05) is 6.92 Å². The minimum Gasteiger partial charge on any atom is -0.465 e. The van der Waals surface area contributed by atoms with Crippen LogP contribution in [0, 0.1) is 0 Å². The Kier molecular flexibility index (Phi) is 5.30. The van der Waals surface area contributed by atoms with Gasteiger partial charge < -0.3 is 4.74 Å². The molecule has 0 amide bonds. The molecule has 1 aromatic carbocycles. The third-order valence-electron chi connectivity index (χ3n) is 3.36. The molecule has 112 valence electrons. The normalized spacial score (nSPS) is 21.2. The second-order valence-corrected chi connectivity index (χ2v) is 6.73. The molecule has 6 heteroatoms. The molecule has 1 saturated heterocycles. The standard InChI is InChI=1S/C13H17NO4S.CH4/c1-10-7-8-19(16,17)14(10)9-11-3-5-12(6-4-11)13(15)18-2;/h3-6,10H,7-9H2,1-2H3;1H4/t10-;/m1./s1. The van der Waals surface area contributed by atoms with E-state index < -0.39 is 16.0 Å². The van der Waals surface area contributed by atoms with Crippen LogP contribution in [0.2, 0.25) is 0 Å². The third kappa shape index (κ3) is 3.37. The van der Waals surface area contributed by atoms with Crippen molar-refractivity contribution >= 4 is 16.0 Å². The van der Waals surface area contributed by atoms with Gasteiger partial charge in [-0.2, -0.15) is 4.31 Å². The van der Waals surface area contributed by atoms with E-state index in [1.165, 1.54) is 11.4 Å². The summed E-state index contributed by atoms with van der Waals surface area (Å²) in [6, 6.07) is 6.84. The Morgan fingerprint density at radius 1 is 1.35 bits per heavy atom. The van der Waals surface area contributed by atoms with Crippen LogP contribution in [0.4, 0.5) is 0 Å². The molecule has 0 aliphatic carbocycles. The molecule has 0 spiro atoms. The zero-order valence-electron chi connectivity index (χ0n) is 11.0. The van der Waals surface area contributed by atoms with Crippen molar-refractivity contribution in [1.82, 2.24) is 4.31 Å². The summed E-state index contributed by atoms with van der Waals surface area (Å²) in [5, 5.41) is 0. The molecule has 1 atom stereocenters. The second kappa shape index (κ2) is 6.37. The molecule has 0 aromatic heterocycles. The van der Waals surface area contributed by atoms with Crippen LogP contribution in [-0.2, 0) is 21.3 Å². The summed E-state index contributed by atoms with van der Waals surface area (Å²) in [6.45, 7) is 2.26. The average Bonchev–Trinajstić information content (AvgIpc) is 2.65. The van der Waals surface area contributed by atoms with Crippen LogP contribution < -0.4 is 0 Å². The highest BCUT2D eigenvalue weighted by molar-refractivity contribution is 7.89. The molecular weight excluding hydrogens is 278 g/mol. The van der Waals surface area contributed by atoms with Crippen molar-refractivity contribution in [1.29, 1.82) is 0 Å². The lowest BCUT2D eigenvalue weighted by Crippen LogP contribution is -2.30. The van der Waals surface area contributed by atoms with E-state index in [9.17, 15) is 13.2 Å². The van der Waals surface area contributed by atoms with Gasteiger partial charge in [0.2, 0.25) is 10.0 Å². The summed E-state index contributed by atoms with van der Waals surface area (Å²) in [6.07, 6.45) is 0.669. The Bertz CT molecular complexity index is 565. The largest absolute Gasteiger partial charge is 0.465 e. The van der Waals surface area contributed by atoms with Gasteiger partial charge in [-0.1, -0.05) is 19.6 Å². The summed E-state index contributed by atoms with van der Waals surface area (Å²) in [5.74, 6) is -0.178. The van der Waals surface area contributed by atoms with Crippen molar-refractivity contribution < 1.29 is 17.9 Å². The number of nitrogens with zero attached hydrogens (tertiary/aromatic N) is 1. The summed E-state index contributed by atoms with van der Waals surface area (Å²) >= 11 is 0. The minimum atomic E-state index is -3.12. The number of rotatable bonds is 3. The fourth-order valence-corrected chi connectivity index (χ4v) is 4.03. The maximum atomic E-state index is 11.8. The number of methoxy groups -OCH3 is 1. The lowest BCUT2D eigenvalue weighted by atomic mass is 10.1. The monoisotopic (exact) mass is 299 g/mol. The Morgan fingerprint density at radius 2 is 1.95 bits per heavy atom. The number of carbonyl (C=O) groups excluding carboxylic acids is 1. The van der Waals surface area contributed by atoms with E-state index in [2.05, 4.69) is 4.74 Å². The predicted molar refractivity (Wildman–Crippen MR) is 77.9 cm³/mol. The van der Waals surface area contributed by atoms with Crippen molar-refractivity contribution in [2.45, 2.75) is 33.4 Å². The van der Waals surface area contributed by atoms with Crippen molar-refractivity contribution in [2.75, 3.05) is 12.9 Å². The first-order valence-corrected chi connectivity index (χ1v) is 7.72. The highest BCUT2D eigenvalue weighted by Gasteiger charge is 2.34. The molecule has 0 N–H and O–H groups in total. The molecule has 2 rings (SSSR count). The van der Waals surface area contributed by atoms with Crippen molar-refractivity contribution in [2.24, 2.45) is 0 Å². The highest BCUT2D eigenvalue weighted by Crippen LogP contribution is 2.23. The number of carbonyl (C=O) groups is 1. The van der Waals surface area contributed by atoms with Gasteiger partial charge in [0, 0.05) is 12.6 Å². The van der Waals surface area contributed by atoms with Gasteiger partial charge in [-0.25, -0.2) is 13.2 Å². The van der Waals surface area contributed by atoms with Crippen molar-refractivity contribution in [3.8, 4) is 0 Å². The maximum Gasteiger partial charge on any atom is 0.337 e. The van der Waals surface area contributed by atoms with E-state index >= 15 is 0 Å². The predicted octanol–water partition coefficient (Wildman–Crippen LogP) is 2.03. The van der Waals surface area contributed by atoms with E-state index in [0.29, 0.717) is 18.5 Å². The minimum absolute atomic E-state index is 0. The van der Waals surface area contributed by atoms with Gasteiger partial charge in [-0.3, -0.25) is 0 Å². The molecule has 1 heterocycles. The molecule has 5 nitrogen and oxygen atoms in total. The van der Waals surface area contributed by atoms with Gasteiger partial charge in [-0.15, -0.1) is 0 Å². The van der Waals surface area contributed by atoms with Crippen LogP contribution in [0.5, 0.6) is 0 Å². The maximum absolute atomic E-state index is 11.8. The molecule has 1 aliphatic heterocycles. The molecule has 0 bridgehead atoms. The molecule has 1 aliphatic rings. The van der Waals surface area contributed by atoms with E-state index in [1.54, 1.807) is 24.3 Å². The number of hydrogen-bond donors (Lipinski definition) is 0. The summed E-state index contributed by atoms with van der Waals surface area (Å²) < 4.78 is 29.8. The van der Waals surface area contributed by atoms with Crippen LogP contribution in [0.1, 0.15) is 36.7 Å². The van der Waals surface area contributed by atoms with Crippen LogP contribution in [0.15, 0.2) is 24.3 Å². The first kappa shape index (κ1) is 16.7. The van der Waals surface area contributed by atoms with E-state index in [-0.39, 0.29) is 19.2 Å². The first-order valence-electron chi connectivity index (χ1n) is 6.11. The van der Waals surface area contributed by atoms with Gasteiger partial charge >= 0.3 is 5.97 Å². The Morgan fingerprint density at radius 3 is 2.40 bits per heavy atom. The Balaban J connectivity index is 0.00000200. The molecule has 1 aromatic rings. The molecule has 20 heavy (non-hydrogen) atoms. The lowest BCUT2D eigenvalue weighted by Gasteiger charge is -2.19. The van der Waals surface area contributed by atoms with E-state index in [0.717, 1.165) is 5.56 Å². The molecular formula is C14H21NO4S. The molecule has 0 unspecified atom stereocenters. The Labute approximate surface area is 120 Å². The first-order chi connectivity index (χ1) is 8.94. The SMILES string of the molecule is C.COC(=O)c1ccc(CN2[C@H](C)CCS2(=O)=O)cc1. The van der Waals surface area contributed by atoms with Crippen molar-refractivity contribution in [3.63, 3.8) is 0 Å². The average molecular weight is 299 g/mol. The smallest absolute Gasteiger partial charge is 0.337 e. The number of sulfonamides is 1. The summed E-state index contributed by atoms with van der Waals surface area (Å²) in [5.41, 5.74) is 1.33. The van der Waals surface area contributed by atoms with Gasteiger partial charge in [0.1, 0.15) is 0 Å². The second-order valence-electron chi connectivity index (χ2n) is 4.69. The van der Waals surface area contributed by atoms with Crippen molar-refractivity contribution in [3.05, 3.63) is 35.4 Å². The molecule has 0 saturated carbocycles. The number of ether oxygens (including phenoxy) is 1. The number of esters is 1. The number of benzene rings is 1. The quantitative estimate of drug-likeness (QED) is 0.801. The highest BCUT2D eigenvalue weighted by atomic mass is 32.2. The summed E-state index contributed by atoms with van der Waals surface area (Å²) in [4.78, 5) is 11.3. The van der Waals surface area contributed by atoms with Gasteiger partial charge in [0.15, 0.2) is 0 Å². The van der Waals surface area contributed by atoms with Crippen LogP contribution in [0.25, 0.3) is 0 Å². The van der Waals surface area contributed by atoms with Crippen LogP contribution >= 0.6 is 0 Å². The molecule has 1 fully saturated rings. The fourth-order valence-electron chi connectivity index (χ4n) is 2.15. The van der Waals surface area contributed by atoms with Gasteiger partial charge in [0.05, 0.1) is 18.4 Å². The van der Waals surface area contributed by atoms with E-state index in [4.69, 9.17) is 0 Å². The van der Waals surface area contributed by atoms with Gasteiger partial charge in [-0.05, 0) is 31.0 Å². The fraction of sp³-hybridized carbons (Fsp3) is 0.500. The third-order valence-corrected chi connectivity index (χ3v) is 5.31. The van der Waals surface area contributed by atoms with Crippen LogP contribution in [-0.4, -0.2) is 37.6 Å². The zero-order valence-corrected chi connectivity index (χ0v) is 11.8. The lowest BCUT2D eigenvalue weighted by molar-refractivity contribution is 0.0600. The number of hydrogen-bond acceptors (Lipinski definition) is 4.